The summed E-state index contributed by atoms with van der Waals surface area (Å²) in [6.45, 7) is 2.34. The molecule has 0 bridgehead atoms. The Bertz CT molecular complexity index is 998. The molecule has 144 valence electrons. The summed E-state index contributed by atoms with van der Waals surface area (Å²) < 4.78 is 0.812. The van der Waals surface area contributed by atoms with Crippen LogP contribution in [0, 0.1) is 10.1 Å². The molecule has 0 unspecified atom stereocenters. The van der Waals surface area contributed by atoms with Crippen molar-refractivity contribution in [2.75, 3.05) is 11.9 Å². The maximum absolute atomic E-state index is 13.5. The predicted molar refractivity (Wildman–Crippen MR) is 109 cm³/mol. The number of carbonyl (C=O) groups excluding carboxylic acids is 1. The molecule has 3 aliphatic heterocycles. The summed E-state index contributed by atoms with van der Waals surface area (Å²) in [5, 5.41) is 15.7. The highest BCUT2D eigenvalue weighted by molar-refractivity contribution is 9.10. The number of nitro groups is 1. The molecule has 2 aromatic rings. The number of nitrogens with zero attached hydrogens (tertiary/aromatic N) is 2. The summed E-state index contributed by atoms with van der Waals surface area (Å²) >= 11 is 3.50. The standard InChI is InChI=1S/C21H20BrN3O3/c1-20(25(27)28)18(13-6-3-2-4-7-13)17-8-5-11-24(17)21(20)15-12-14(22)9-10-16(15)23-19(21)26/h2-4,6-7,9-10,12,17-18H,5,8,11H2,1H3,(H,23,26)/t17-,18-,20+,21-/m1/s1. The van der Waals surface area contributed by atoms with Crippen molar-refractivity contribution < 1.29 is 9.72 Å². The molecular formula is C21H20BrN3O3. The van der Waals surface area contributed by atoms with Gasteiger partial charge >= 0.3 is 0 Å². The van der Waals surface area contributed by atoms with Crippen LogP contribution in [0.4, 0.5) is 5.69 Å². The van der Waals surface area contributed by atoms with E-state index < -0.39 is 11.1 Å². The maximum atomic E-state index is 13.5. The molecule has 2 saturated heterocycles. The molecular weight excluding hydrogens is 422 g/mol. The second kappa shape index (κ2) is 5.87. The van der Waals surface area contributed by atoms with Crippen LogP contribution in [0.2, 0.25) is 0 Å². The Morgan fingerprint density at radius 2 is 2.00 bits per heavy atom. The van der Waals surface area contributed by atoms with Gasteiger partial charge in [-0.15, -0.1) is 0 Å². The quantitative estimate of drug-likeness (QED) is 0.566. The molecule has 1 N–H and O–H groups in total. The number of amides is 1. The van der Waals surface area contributed by atoms with Crippen LogP contribution < -0.4 is 5.32 Å². The summed E-state index contributed by atoms with van der Waals surface area (Å²) in [6.07, 6.45) is 1.78. The molecule has 6 nitrogen and oxygen atoms in total. The second-order valence-electron chi connectivity index (χ2n) is 8.05. The van der Waals surface area contributed by atoms with Crippen molar-refractivity contribution in [2.24, 2.45) is 0 Å². The first kappa shape index (κ1) is 17.8. The van der Waals surface area contributed by atoms with Gasteiger partial charge in [0.25, 0.3) is 11.4 Å². The minimum atomic E-state index is -1.49. The average Bonchev–Trinajstić information content (AvgIpc) is 3.30. The zero-order valence-electron chi connectivity index (χ0n) is 15.4. The van der Waals surface area contributed by atoms with Crippen LogP contribution in [-0.2, 0) is 10.3 Å². The minimum Gasteiger partial charge on any atom is -0.324 e. The molecule has 0 radical (unpaired) electrons. The Morgan fingerprint density at radius 1 is 1.25 bits per heavy atom. The Balaban J connectivity index is 1.84. The van der Waals surface area contributed by atoms with Crippen LogP contribution in [-0.4, -0.2) is 33.9 Å². The van der Waals surface area contributed by atoms with Crippen molar-refractivity contribution in [3.05, 3.63) is 74.2 Å². The monoisotopic (exact) mass is 441 g/mol. The molecule has 0 aromatic heterocycles. The first-order chi connectivity index (χ1) is 13.4. The Labute approximate surface area is 171 Å². The molecule has 0 saturated carbocycles. The van der Waals surface area contributed by atoms with Crippen molar-refractivity contribution in [3.63, 3.8) is 0 Å². The number of carbonyl (C=O) groups is 1. The SMILES string of the molecule is C[C@]1([N+](=O)[O-])[C@H](c2ccccc2)[C@H]2CCCN2[C@]12C(=O)Nc1ccc(Br)cc12. The zero-order chi connectivity index (χ0) is 19.7. The van der Waals surface area contributed by atoms with Gasteiger partial charge in [-0.1, -0.05) is 46.3 Å². The van der Waals surface area contributed by atoms with Gasteiger partial charge in [0, 0.05) is 40.2 Å². The van der Waals surface area contributed by atoms with Crippen molar-refractivity contribution >= 4 is 27.5 Å². The number of anilines is 1. The van der Waals surface area contributed by atoms with Gasteiger partial charge in [-0.05, 0) is 36.6 Å². The maximum Gasteiger partial charge on any atom is 0.259 e. The molecule has 4 atom stereocenters. The van der Waals surface area contributed by atoms with E-state index in [1.807, 2.05) is 48.5 Å². The summed E-state index contributed by atoms with van der Waals surface area (Å²) in [6, 6.07) is 15.2. The molecule has 3 aliphatic rings. The first-order valence-electron chi connectivity index (χ1n) is 9.50. The fourth-order valence-electron chi connectivity index (χ4n) is 5.95. The van der Waals surface area contributed by atoms with E-state index in [2.05, 4.69) is 26.1 Å². The Kier molecular flexibility index (Phi) is 3.74. The van der Waals surface area contributed by atoms with E-state index in [0.717, 1.165) is 22.9 Å². The van der Waals surface area contributed by atoms with E-state index in [1.54, 1.807) is 6.92 Å². The molecule has 1 amide bonds. The largest absolute Gasteiger partial charge is 0.324 e. The van der Waals surface area contributed by atoms with Gasteiger partial charge in [-0.3, -0.25) is 19.8 Å². The van der Waals surface area contributed by atoms with Gasteiger partial charge in [-0.25, -0.2) is 0 Å². The summed E-state index contributed by atoms with van der Waals surface area (Å²) in [7, 11) is 0. The van der Waals surface area contributed by atoms with Crippen LogP contribution in [0.1, 0.15) is 36.8 Å². The van der Waals surface area contributed by atoms with Crippen molar-refractivity contribution in [3.8, 4) is 0 Å². The van der Waals surface area contributed by atoms with Gasteiger partial charge in [0.15, 0.2) is 5.54 Å². The lowest BCUT2D eigenvalue weighted by molar-refractivity contribution is -0.579. The zero-order valence-corrected chi connectivity index (χ0v) is 17.0. The highest BCUT2D eigenvalue weighted by atomic mass is 79.9. The lowest BCUT2D eigenvalue weighted by atomic mass is 9.67. The van der Waals surface area contributed by atoms with Gasteiger partial charge in [-0.2, -0.15) is 0 Å². The first-order valence-corrected chi connectivity index (χ1v) is 10.3. The molecule has 5 rings (SSSR count). The van der Waals surface area contributed by atoms with Gasteiger partial charge in [0.05, 0.1) is 5.92 Å². The lowest BCUT2D eigenvalue weighted by Crippen LogP contribution is -2.62. The fraction of sp³-hybridized carbons (Fsp3) is 0.381. The molecule has 2 fully saturated rings. The number of rotatable bonds is 2. The van der Waals surface area contributed by atoms with E-state index in [1.165, 1.54) is 0 Å². The van der Waals surface area contributed by atoms with Crippen molar-refractivity contribution in [1.29, 1.82) is 0 Å². The van der Waals surface area contributed by atoms with Crippen LogP contribution in [0.15, 0.2) is 53.0 Å². The molecule has 28 heavy (non-hydrogen) atoms. The number of hydrogen-bond acceptors (Lipinski definition) is 4. The van der Waals surface area contributed by atoms with Crippen LogP contribution in [0.3, 0.4) is 0 Å². The smallest absolute Gasteiger partial charge is 0.259 e. The number of hydrogen-bond donors (Lipinski definition) is 1. The molecule has 3 heterocycles. The van der Waals surface area contributed by atoms with E-state index in [-0.39, 0.29) is 22.8 Å². The number of nitrogens with one attached hydrogen (secondary N) is 1. The molecule has 1 spiro atoms. The normalized spacial score (nSPS) is 33.7. The van der Waals surface area contributed by atoms with Crippen LogP contribution in [0.5, 0.6) is 0 Å². The van der Waals surface area contributed by atoms with Crippen LogP contribution >= 0.6 is 15.9 Å². The van der Waals surface area contributed by atoms with Gasteiger partial charge in [0.2, 0.25) is 0 Å². The van der Waals surface area contributed by atoms with E-state index in [9.17, 15) is 14.9 Å². The third-order valence-electron chi connectivity index (χ3n) is 6.94. The lowest BCUT2D eigenvalue weighted by Gasteiger charge is -2.38. The van der Waals surface area contributed by atoms with Crippen molar-refractivity contribution in [2.45, 2.75) is 42.8 Å². The average molecular weight is 442 g/mol. The predicted octanol–water partition coefficient (Wildman–Crippen LogP) is 3.89. The number of benzene rings is 2. The third-order valence-corrected chi connectivity index (χ3v) is 7.43. The van der Waals surface area contributed by atoms with Crippen molar-refractivity contribution in [1.82, 2.24) is 4.90 Å². The summed E-state index contributed by atoms with van der Waals surface area (Å²) in [4.78, 5) is 28.2. The summed E-state index contributed by atoms with van der Waals surface area (Å²) in [5.74, 6) is -0.660. The fourth-order valence-corrected chi connectivity index (χ4v) is 6.31. The van der Waals surface area contributed by atoms with Crippen LogP contribution in [0.25, 0.3) is 0 Å². The Morgan fingerprint density at radius 3 is 2.71 bits per heavy atom. The van der Waals surface area contributed by atoms with E-state index >= 15 is 0 Å². The highest BCUT2D eigenvalue weighted by Gasteiger charge is 2.80. The molecule has 0 aliphatic carbocycles. The summed E-state index contributed by atoms with van der Waals surface area (Å²) in [5.41, 5.74) is -0.517. The highest BCUT2D eigenvalue weighted by Crippen LogP contribution is 2.63. The van der Waals surface area contributed by atoms with E-state index in [0.29, 0.717) is 17.8 Å². The third kappa shape index (κ3) is 1.93. The topological polar surface area (TPSA) is 75.5 Å². The number of fused-ring (bicyclic) bond motifs is 4. The van der Waals surface area contributed by atoms with Gasteiger partial charge < -0.3 is 5.32 Å². The molecule has 7 heteroatoms. The Hall–Kier alpha value is -2.25. The van der Waals surface area contributed by atoms with Gasteiger partial charge in [0.1, 0.15) is 0 Å². The molecule has 2 aromatic carbocycles. The second-order valence-corrected chi connectivity index (χ2v) is 8.97. The number of halogens is 1. The minimum absolute atomic E-state index is 0.0477. The van der Waals surface area contributed by atoms with E-state index in [4.69, 9.17) is 0 Å².